The van der Waals surface area contributed by atoms with E-state index >= 15 is 0 Å². The molecule has 24 heavy (non-hydrogen) atoms. The molecule has 0 aliphatic carbocycles. The third kappa shape index (κ3) is 3.75. The summed E-state index contributed by atoms with van der Waals surface area (Å²) in [6.07, 6.45) is 3.91. The van der Waals surface area contributed by atoms with Gasteiger partial charge in [-0.2, -0.15) is 0 Å². The van der Waals surface area contributed by atoms with E-state index in [1.807, 2.05) is 24.0 Å². The maximum atomic E-state index is 12.6. The Morgan fingerprint density at radius 2 is 2.00 bits per heavy atom. The number of aryl methyl sites for hydroxylation is 1. The number of ether oxygens (including phenoxy) is 1. The average molecular weight is 345 g/mol. The van der Waals surface area contributed by atoms with Crippen molar-refractivity contribution >= 4 is 17.4 Å². The number of amides is 1. The Labute approximate surface area is 146 Å². The van der Waals surface area contributed by atoms with Crippen LogP contribution < -0.4 is 4.74 Å². The van der Waals surface area contributed by atoms with Gasteiger partial charge in [-0.3, -0.25) is 4.79 Å². The van der Waals surface area contributed by atoms with Crippen molar-refractivity contribution in [2.45, 2.75) is 32.6 Å². The molecule has 0 unspecified atom stereocenters. The highest BCUT2D eigenvalue weighted by atomic mass is 32.1. The van der Waals surface area contributed by atoms with Gasteiger partial charge in [-0.1, -0.05) is 23.5 Å². The molecule has 1 saturated heterocycles. The predicted octanol–water partition coefficient (Wildman–Crippen LogP) is 3.20. The van der Waals surface area contributed by atoms with Crippen molar-refractivity contribution in [3.63, 3.8) is 0 Å². The number of hydrogen-bond acceptors (Lipinski definition) is 5. The number of carbonyl (C=O) groups is 1. The van der Waals surface area contributed by atoms with Crippen LogP contribution in [0.15, 0.2) is 24.3 Å². The summed E-state index contributed by atoms with van der Waals surface area (Å²) in [6, 6.07) is 8.29. The largest absolute Gasteiger partial charge is 0.497 e. The minimum atomic E-state index is 0.102. The molecule has 5 nitrogen and oxygen atoms in total. The van der Waals surface area contributed by atoms with E-state index in [1.165, 1.54) is 17.1 Å². The topological polar surface area (TPSA) is 55.3 Å². The van der Waals surface area contributed by atoms with E-state index in [0.717, 1.165) is 50.2 Å². The molecule has 0 saturated carbocycles. The van der Waals surface area contributed by atoms with Crippen LogP contribution in [0.2, 0.25) is 0 Å². The molecule has 1 aromatic heterocycles. The third-order valence-corrected chi connectivity index (χ3v) is 5.43. The zero-order valence-electron chi connectivity index (χ0n) is 14.2. The maximum Gasteiger partial charge on any atom is 0.267 e. The number of rotatable bonds is 5. The van der Waals surface area contributed by atoms with Crippen LogP contribution in [0.25, 0.3) is 0 Å². The molecule has 1 aromatic carbocycles. The summed E-state index contributed by atoms with van der Waals surface area (Å²) in [4.78, 5) is 15.3. The van der Waals surface area contributed by atoms with Crippen LogP contribution in [0.1, 0.15) is 40.7 Å². The van der Waals surface area contributed by atoms with Crippen LogP contribution in [-0.4, -0.2) is 40.6 Å². The van der Waals surface area contributed by atoms with Crippen molar-refractivity contribution < 1.29 is 9.53 Å². The van der Waals surface area contributed by atoms with Crippen LogP contribution in [-0.2, 0) is 12.8 Å². The van der Waals surface area contributed by atoms with Gasteiger partial charge in [0.2, 0.25) is 0 Å². The van der Waals surface area contributed by atoms with Crippen molar-refractivity contribution in [3.8, 4) is 5.75 Å². The van der Waals surface area contributed by atoms with Gasteiger partial charge in [0, 0.05) is 13.1 Å². The monoisotopic (exact) mass is 345 g/mol. The van der Waals surface area contributed by atoms with Crippen LogP contribution in [0, 0.1) is 5.92 Å². The average Bonchev–Trinajstić information content (AvgIpc) is 3.11. The van der Waals surface area contributed by atoms with Crippen molar-refractivity contribution in [1.82, 2.24) is 14.5 Å². The first-order valence-corrected chi connectivity index (χ1v) is 9.22. The van der Waals surface area contributed by atoms with Crippen molar-refractivity contribution in [2.75, 3.05) is 20.2 Å². The molecular weight excluding hydrogens is 322 g/mol. The van der Waals surface area contributed by atoms with Gasteiger partial charge in [0.05, 0.1) is 12.8 Å². The van der Waals surface area contributed by atoms with Gasteiger partial charge in [-0.25, -0.2) is 0 Å². The number of aromatic nitrogens is 2. The Hall–Kier alpha value is -1.95. The normalized spacial score (nSPS) is 15.5. The fraction of sp³-hybridized carbons (Fsp3) is 0.500. The quantitative estimate of drug-likeness (QED) is 0.835. The molecule has 2 aromatic rings. The number of carbonyl (C=O) groups excluding carboxylic acids is 1. The first kappa shape index (κ1) is 16.9. The fourth-order valence-electron chi connectivity index (χ4n) is 3.18. The second kappa shape index (κ2) is 7.75. The van der Waals surface area contributed by atoms with Crippen LogP contribution in [0.4, 0.5) is 0 Å². The van der Waals surface area contributed by atoms with E-state index in [4.69, 9.17) is 4.74 Å². The summed E-state index contributed by atoms with van der Waals surface area (Å²) >= 11 is 1.22. The van der Waals surface area contributed by atoms with Crippen LogP contribution in [0.5, 0.6) is 5.75 Å². The minimum absolute atomic E-state index is 0.102. The highest BCUT2D eigenvalue weighted by molar-refractivity contribution is 7.08. The summed E-state index contributed by atoms with van der Waals surface area (Å²) in [5, 5.41) is 4.05. The zero-order chi connectivity index (χ0) is 16.9. The smallest absolute Gasteiger partial charge is 0.267 e. The molecule has 128 valence electrons. The molecule has 0 spiro atoms. The Kier molecular flexibility index (Phi) is 5.45. The zero-order valence-corrected chi connectivity index (χ0v) is 15.0. The Bertz CT molecular complexity index is 676. The second-order valence-corrected chi connectivity index (χ2v) is 6.94. The molecule has 0 bridgehead atoms. The second-order valence-electron chi connectivity index (χ2n) is 6.19. The molecule has 0 N–H and O–H groups in total. The minimum Gasteiger partial charge on any atom is -0.497 e. The van der Waals surface area contributed by atoms with E-state index in [-0.39, 0.29) is 5.91 Å². The fourth-order valence-corrected chi connectivity index (χ4v) is 3.90. The lowest BCUT2D eigenvalue weighted by Crippen LogP contribution is -2.38. The van der Waals surface area contributed by atoms with E-state index in [9.17, 15) is 4.79 Å². The molecule has 3 rings (SSSR count). The van der Waals surface area contributed by atoms with E-state index in [0.29, 0.717) is 10.8 Å². The SMILES string of the molecule is CCc1nnsc1C(=O)N1CCC(Cc2ccc(OC)cc2)CC1. The van der Waals surface area contributed by atoms with Gasteiger partial charge in [-0.15, -0.1) is 5.10 Å². The number of likely N-dealkylation sites (tertiary alicyclic amines) is 1. The number of benzene rings is 1. The maximum absolute atomic E-state index is 12.6. The summed E-state index contributed by atoms with van der Waals surface area (Å²) in [5.41, 5.74) is 2.16. The van der Waals surface area contributed by atoms with E-state index in [2.05, 4.69) is 21.7 Å². The lowest BCUT2D eigenvalue weighted by molar-refractivity contribution is 0.0694. The molecule has 1 amide bonds. The lowest BCUT2D eigenvalue weighted by atomic mass is 9.90. The molecule has 0 atom stereocenters. The van der Waals surface area contributed by atoms with Crippen molar-refractivity contribution in [3.05, 3.63) is 40.4 Å². The summed E-state index contributed by atoms with van der Waals surface area (Å²) < 4.78 is 9.13. The molecule has 2 heterocycles. The van der Waals surface area contributed by atoms with Gasteiger partial charge in [-0.05, 0) is 60.8 Å². The van der Waals surface area contributed by atoms with Crippen LogP contribution in [0.3, 0.4) is 0 Å². The van der Waals surface area contributed by atoms with Gasteiger partial charge in [0.1, 0.15) is 10.6 Å². The molecule has 6 heteroatoms. The number of hydrogen-bond donors (Lipinski definition) is 0. The van der Waals surface area contributed by atoms with Crippen molar-refractivity contribution in [2.24, 2.45) is 5.92 Å². The number of methoxy groups -OCH3 is 1. The van der Waals surface area contributed by atoms with E-state index < -0.39 is 0 Å². The predicted molar refractivity (Wildman–Crippen MR) is 94.6 cm³/mol. The standard InChI is InChI=1S/C18H23N3O2S/c1-3-16-17(24-20-19-16)18(22)21-10-8-14(9-11-21)12-13-4-6-15(23-2)7-5-13/h4-7,14H,3,8-12H2,1-2H3. The highest BCUT2D eigenvalue weighted by Gasteiger charge is 2.26. The number of nitrogens with zero attached hydrogens (tertiary/aromatic N) is 3. The highest BCUT2D eigenvalue weighted by Crippen LogP contribution is 2.25. The van der Waals surface area contributed by atoms with Gasteiger partial charge >= 0.3 is 0 Å². The lowest BCUT2D eigenvalue weighted by Gasteiger charge is -2.31. The molecule has 0 radical (unpaired) electrons. The summed E-state index contributed by atoms with van der Waals surface area (Å²) in [6.45, 7) is 3.65. The molecule has 1 aliphatic rings. The summed E-state index contributed by atoms with van der Waals surface area (Å²) in [5.74, 6) is 1.63. The first-order chi connectivity index (χ1) is 11.7. The van der Waals surface area contributed by atoms with Gasteiger partial charge in [0.15, 0.2) is 0 Å². The Morgan fingerprint density at radius 3 is 2.62 bits per heavy atom. The molecule has 1 fully saturated rings. The summed E-state index contributed by atoms with van der Waals surface area (Å²) in [7, 11) is 1.68. The Balaban J connectivity index is 1.54. The van der Waals surface area contributed by atoms with Crippen molar-refractivity contribution in [1.29, 1.82) is 0 Å². The van der Waals surface area contributed by atoms with Gasteiger partial charge in [0.25, 0.3) is 5.91 Å². The Morgan fingerprint density at radius 1 is 1.29 bits per heavy atom. The van der Waals surface area contributed by atoms with Gasteiger partial charge < -0.3 is 9.64 Å². The molecular formula is C18H23N3O2S. The third-order valence-electron chi connectivity index (χ3n) is 4.67. The molecule has 1 aliphatic heterocycles. The number of piperidine rings is 1. The van der Waals surface area contributed by atoms with Crippen LogP contribution >= 0.6 is 11.5 Å². The van der Waals surface area contributed by atoms with E-state index in [1.54, 1.807) is 7.11 Å². The first-order valence-electron chi connectivity index (χ1n) is 8.44.